The third-order valence-corrected chi connectivity index (χ3v) is 3.13. The molecule has 0 bridgehead atoms. The van der Waals surface area contributed by atoms with Crippen molar-refractivity contribution < 1.29 is 9.53 Å². The van der Waals surface area contributed by atoms with Gasteiger partial charge in [-0.3, -0.25) is 0 Å². The zero-order chi connectivity index (χ0) is 8.55. The van der Waals surface area contributed by atoms with Crippen molar-refractivity contribution in [1.82, 2.24) is 5.32 Å². The average molecular weight is 169 g/mol. The third kappa shape index (κ3) is 1.28. The topological polar surface area (TPSA) is 38.3 Å². The molecule has 2 aliphatic carbocycles. The number of fused-ring (bicyclic) bond motifs is 1. The molecule has 0 aliphatic heterocycles. The Hall–Kier alpha value is -0.730. The second-order valence-electron chi connectivity index (χ2n) is 3.77. The van der Waals surface area contributed by atoms with Gasteiger partial charge >= 0.3 is 6.09 Å². The van der Waals surface area contributed by atoms with Crippen molar-refractivity contribution in [2.45, 2.75) is 31.7 Å². The Balaban J connectivity index is 1.81. The summed E-state index contributed by atoms with van der Waals surface area (Å²) in [5.41, 5.74) is 0. The summed E-state index contributed by atoms with van der Waals surface area (Å²) in [4.78, 5) is 10.9. The van der Waals surface area contributed by atoms with Gasteiger partial charge in [-0.05, 0) is 24.7 Å². The van der Waals surface area contributed by atoms with E-state index in [-0.39, 0.29) is 6.09 Å². The second-order valence-corrected chi connectivity index (χ2v) is 3.77. The maximum absolute atomic E-state index is 10.9. The van der Waals surface area contributed by atoms with Crippen molar-refractivity contribution in [1.29, 1.82) is 0 Å². The second kappa shape index (κ2) is 2.96. The molecule has 0 aromatic rings. The Morgan fingerprint density at radius 2 is 1.92 bits per heavy atom. The molecule has 12 heavy (non-hydrogen) atoms. The first-order chi connectivity index (χ1) is 5.83. The Morgan fingerprint density at radius 3 is 2.42 bits per heavy atom. The fraction of sp³-hybridized carbons (Fsp3) is 0.889. The molecule has 2 saturated carbocycles. The summed E-state index contributed by atoms with van der Waals surface area (Å²) in [7, 11) is 1.42. The predicted octanol–water partition coefficient (Wildman–Crippen LogP) is 1.53. The van der Waals surface area contributed by atoms with E-state index in [9.17, 15) is 4.79 Å². The lowest BCUT2D eigenvalue weighted by molar-refractivity contribution is 0.169. The highest BCUT2D eigenvalue weighted by Gasteiger charge is 2.51. The van der Waals surface area contributed by atoms with Gasteiger partial charge in [0.25, 0.3) is 0 Å². The van der Waals surface area contributed by atoms with E-state index in [4.69, 9.17) is 0 Å². The molecule has 3 nitrogen and oxygen atoms in total. The number of amides is 1. The number of rotatable bonds is 1. The molecule has 2 aliphatic rings. The van der Waals surface area contributed by atoms with Gasteiger partial charge in [-0.1, -0.05) is 12.8 Å². The highest BCUT2D eigenvalue weighted by Crippen LogP contribution is 2.49. The van der Waals surface area contributed by atoms with Crippen LogP contribution < -0.4 is 5.32 Å². The normalized spacial score (nSPS) is 38.2. The zero-order valence-electron chi connectivity index (χ0n) is 7.38. The van der Waals surface area contributed by atoms with Crippen LogP contribution in [-0.4, -0.2) is 19.2 Å². The number of methoxy groups -OCH3 is 1. The van der Waals surface area contributed by atoms with Crippen LogP contribution in [-0.2, 0) is 4.74 Å². The molecule has 1 amide bonds. The molecule has 0 radical (unpaired) electrons. The van der Waals surface area contributed by atoms with Gasteiger partial charge in [-0.2, -0.15) is 0 Å². The van der Waals surface area contributed by atoms with Gasteiger partial charge in [0, 0.05) is 6.04 Å². The number of hydrogen-bond acceptors (Lipinski definition) is 2. The Morgan fingerprint density at radius 1 is 1.33 bits per heavy atom. The molecule has 0 saturated heterocycles. The molecule has 0 spiro atoms. The number of alkyl carbamates (subject to hydrolysis) is 1. The van der Waals surface area contributed by atoms with Crippen LogP contribution in [0.4, 0.5) is 4.79 Å². The molecule has 1 N–H and O–H groups in total. The summed E-state index contributed by atoms with van der Waals surface area (Å²) in [5.74, 6) is 1.52. The van der Waals surface area contributed by atoms with Gasteiger partial charge in [0.1, 0.15) is 0 Å². The highest BCUT2D eigenvalue weighted by molar-refractivity contribution is 5.68. The zero-order valence-corrected chi connectivity index (χ0v) is 7.38. The lowest BCUT2D eigenvalue weighted by atomic mass is 10.0. The molecule has 68 valence electrons. The van der Waals surface area contributed by atoms with Gasteiger partial charge in [0.05, 0.1) is 7.11 Å². The lowest BCUT2D eigenvalue weighted by Gasteiger charge is -2.04. The Bertz CT molecular complexity index is 181. The van der Waals surface area contributed by atoms with Gasteiger partial charge in [0.2, 0.25) is 0 Å². The van der Waals surface area contributed by atoms with Gasteiger partial charge in [0.15, 0.2) is 0 Å². The van der Waals surface area contributed by atoms with Crippen LogP contribution >= 0.6 is 0 Å². The van der Waals surface area contributed by atoms with Crippen LogP contribution in [0.5, 0.6) is 0 Å². The van der Waals surface area contributed by atoms with Crippen molar-refractivity contribution >= 4 is 6.09 Å². The number of carbonyl (C=O) groups is 1. The predicted molar refractivity (Wildman–Crippen MR) is 44.8 cm³/mol. The number of carbonyl (C=O) groups excluding carboxylic acids is 1. The minimum atomic E-state index is -0.269. The van der Waals surface area contributed by atoms with Gasteiger partial charge < -0.3 is 10.1 Å². The molecule has 2 rings (SSSR count). The molecule has 0 aromatic carbocycles. The Kier molecular flexibility index (Phi) is 1.95. The summed E-state index contributed by atoms with van der Waals surface area (Å²) < 4.78 is 4.56. The SMILES string of the molecule is COC(=O)NC1[C@H]2CCCC[C@@H]12. The summed E-state index contributed by atoms with van der Waals surface area (Å²) in [6.07, 6.45) is 4.98. The molecular weight excluding hydrogens is 154 g/mol. The number of nitrogens with one attached hydrogen (secondary N) is 1. The van der Waals surface area contributed by atoms with E-state index in [2.05, 4.69) is 10.1 Å². The molecule has 1 unspecified atom stereocenters. The van der Waals surface area contributed by atoms with Crippen molar-refractivity contribution in [2.75, 3.05) is 7.11 Å². The van der Waals surface area contributed by atoms with Crippen LogP contribution in [0.1, 0.15) is 25.7 Å². The van der Waals surface area contributed by atoms with Crippen molar-refractivity contribution in [3.8, 4) is 0 Å². The molecule has 0 heterocycles. The minimum Gasteiger partial charge on any atom is -0.453 e. The molecule has 3 heteroatoms. The maximum atomic E-state index is 10.9. The minimum absolute atomic E-state index is 0.269. The first-order valence-electron chi connectivity index (χ1n) is 4.67. The van der Waals surface area contributed by atoms with Gasteiger partial charge in [-0.25, -0.2) is 4.79 Å². The molecular formula is C9H15NO2. The van der Waals surface area contributed by atoms with E-state index in [1.165, 1.54) is 32.8 Å². The largest absolute Gasteiger partial charge is 0.453 e. The summed E-state index contributed by atoms with van der Waals surface area (Å²) in [5, 5.41) is 2.88. The Labute approximate surface area is 72.5 Å². The van der Waals surface area contributed by atoms with E-state index >= 15 is 0 Å². The first kappa shape index (κ1) is 7.90. The average Bonchev–Trinajstić information content (AvgIpc) is 2.80. The molecule has 0 aromatic heterocycles. The standard InChI is InChI=1S/C9H15NO2/c1-12-9(11)10-8-6-4-2-3-5-7(6)8/h6-8H,2-5H2,1H3,(H,10,11)/t6-,7+,8?. The summed E-state index contributed by atoms with van der Waals surface area (Å²) in [6, 6.07) is 0.431. The van der Waals surface area contributed by atoms with Crippen LogP contribution in [0, 0.1) is 11.8 Å². The fourth-order valence-corrected chi connectivity index (χ4v) is 2.40. The first-order valence-corrected chi connectivity index (χ1v) is 4.67. The number of ether oxygens (including phenoxy) is 1. The van der Waals surface area contributed by atoms with E-state index < -0.39 is 0 Å². The van der Waals surface area contributed by atoms with Crippen LogP contribution in [0.3, 0.4) is 0 Å². The van der Waals surface area contributed by atoms with E-state index in [0.717, 1.165) is 11.8 Å². The monoisotopic (exact) mass is 169 g/mol. The molecule has 2 fully saturated rings. The summed E-state index contributed by atoms with van der Waals surface area (Å²) in [6.45, 7) is 0. The third-order valence-electron chi connectivity index (χ3n) is 3.13. The fourth-order valence-electron chi connectivity index (χ4n) is 2.40. The smallest absolute Gasteiger partial charge is 0.407 e. The maximum Gasteiger partial charge on any atom is 0.407 e. The lowest BCUT2D eigenvalue weighted by Crippen LogP contribution is -2.27. The van der Waals surface area contributed by atoms with Crippen molar-refractivity contribution in [3.63, 3.8) is 0 Å². The van der Waals surface area contributed by atoms with Crippen molar-refractivity contribution in [3.05, 3.63) is 0 Å². The van der Waals surface area contributed by atoms with E-state index in [1.807, 2.05) is 0 Å². The van der Waals surface area contributed by atoms with Crippen LogP contribution in [0.15, 0.2) is 0 Å². The quantitative estimate of drug-likeness (QED) is 0.646. The van der Waals surface area contributed by atoms with E-state index in [0.29, 0.717) is 6.04 Å². The van der Waals surface area contributed by atoms with E-state index in [1.54, 1.807) is 0 Å². The van der Waals surface area contributed by atoms with Crippen LogP contribution in [0.25, 0.3) is 0 Å². The van der Waals surface area contributed by atoms with Crippen LogP contribution in [0.2, 0.25) is 0 Å². The van der Waals surface area contributed by atoms with Crippen molar-refractivity contribution in [2.24, 2.45) is 11.8 Å². The summed E-state index contributed by atoms with van der Waals surface area (Å²) >= 11 is 0. The molecule has 3 atom stereocenters. The van der Waals surface area contributed by atoms with Gasteiger partial charge in [-0.15, -0.1) is 0 Å². The number of hydrogen-bond donors (Lipinski definition) is 1. The highest BCUT2D eigenvalue weighted by atomic mass is 16.5.